The molecule has 7 heteroatoms. The van der Waals surface area contributed by atoms with Gasteiger partial charge in [0.05, 0.1) is 21.3 Å². The molecule has 1 aliphatic heterocycles. The van der Waals surface area contributed by atoms with Crippen molar-refractivity contribution < 1.29 is 19.0 Å². The van der Waals surface area contributed by atoms with Crippen LogP contribution < -0.4 is 14.2 Å². The molecule has 0 spiro atoms. The van der Waals surface area contributed by atoms with Gasteiger partial charge in [-0.2, -0.15) is 0 Å². The second-order valence-corrected chi connectivity index (χ2v) is 6.97. The first-order valence-electron chi connectivity index (χ1n) is 9.43. The number of carbonyl (C=O) groups is 1. The average molecular weight is 421 g/mol. The molecule has 0 aromatic heterocycles. The lowest BCUT2D eigenvalue weighted by Crippen LogP contribution is -2.48. The van der Waals surface area contributed by atoms with Crippen molar-refractivity contribution in [3.05, 3.63) is 53.1 Å². The summed E-state index contributed by atoms with van der Waals surface area (Å²) in [5.74, 6) is 1.45. The number of hydrogen-bond acceptors (Lipinski definition) is 5. The number of benzene rings is 2. The van der Waals surface area contributed by atoms with Crippen molar-refractivity contribution in [2.45, 2.75) is 13.5 Å². The molecule has 1 heterocycles. The van der Waals surface area contributed by atoms with Gasteiger partial charge in [-0.1, -0.05) is 29.8 Å². The molecule has 0 bridgehead atoms. The normalized spacial score (nSPS) is 14.1. The maximum absolute atomic E-state index is 13.0. The third-order valence-electron chi connectivity index (χ3n) is 5.06. The Hall–Kier alpha value is -2.44. The highest BCUT2D eigenvalue weighted by atomic mass is 35.5. The number of halogens is 1. The molecule has 2 aromatic carbocycles. The molecule has 0 radical (unpaired) electrons. The van der Waals surface area contributed by atoms with Gasteiger partial charge in [0.15, 0.2) is 11.5 Å². The van der Waals surface area contributed by atoms with Crippen molar-refractivity contribution in [1.82, 2.24) is 9.80 Å². The zero-order chi connectivity index (χ0) is 20.1. The highest BCUT2D eigenvalue weighted by Crippen LogP contribution is 2.38. The molecule has 29 heavy (non-hydrogen) atoms. The molecule has 158 valence electrons. The van der Waals surface area contributed by atoms with E-state index in [0.717, 1.165) is 19.6 Å². The number of hydrogen-bond donors (Lipinski definition) is 0. The van der Waals surface area contributed by atoms with E-state index in [0.29, 0.717) is 35.9 Å². The maximum atomic E-state index is 13.0. The van der Waals surface area contributed by atoms with Crippen LogP contribution in [0.15, 0.2) is 36.4 Å². The Balaban J connectivity index is 0.00000300. The van der Waals surface area contributed by atoms with Crippen molar-refractivity contribution >= 4 is 18.3 Å². The van der Waals surface area contributed by atoms with Gasteiger partial charge in [-0.25, -0.2) is 0 Å². The summed E-state index contributed by atoms with van der Waals surface area (Å²) in [5, 5.41) is 0. The maximum Gasteiger partial charge on any atom is 0.254 e. The first-order chi connectivity index (χ1) is 13.5. The molecule has 0 unspecified atom stereocenters. The van der Waals surface area contributed by atoms with Crippen LogP contribution in [0.4, 0.5) is 0 Å². The minimum Gasteiger partial charge on any atom is -0.493 e. The first-order valence-corrected chi connectivity index (χ1v) is 9.43. The molecule has 1 amide bonds. The second kappa shape index (κ2) is 10.4. The summed E-state index contributed by atoms with van der Waals surface area (Å²) in [7, 11) is 4.65. The minimum atomic E-state index is -0.0190. The number of rotatable bonds is 6. The first kappa shape index (κ1) is 22.8. The largest absolute Gasteiger partial charge is 0.493 e. The highest BCUT2D eigenvalue weighted by molar-refractivity contribution is 5.95. The predicted octanol–water partition coefficient (Wildman–Crippen LogP) is 3.40. The third-order valence-corrected chi connectivity index (χ3v) is 5.06. The Labute approximate surface area is 178 Å². The van der Waals surface area contributed by atoms with E-state index in [2.05, 4.69) is 36.1 Å². The SMILES string of the molecule is COc1cc(C(=O)N2CCN(Cc3cccc(C)c3)CC2)cc(OC)c1OC.Cl. The van der Waals surface area contributed by atoms with E-state index in [9.17, 15) is 4.79 Å². The van der Waals surface area contributed by atoms with E-state index < -0.39 is 0 Å². The van der Waals surface area contributed by atoms with Gasteiger partial charge in [0.25, 0.3) is 5.91 Å². The Morgan fingerprint density at radius 3 is 2.07 bits per heavy atom. The van der Waals surface area contributed by atoms with Crippen molar-refractivity contribution in [2.24, 2.45) is 0 Å². The minimum absolute atomic E-state index is 0. The molecule has 1 aliphatic rings. The predicted molar refractivity (Wildman–Crippen MR) is 116 cm³/mol. The van der Waals surface area contributed by atoms with Crippen LogP contribution in [0.3, 0.4) is 0 Å². The molecule has 1 saturated heterocycles. The number of carbonyl (C=O) groups excluding carboxylic acids is 1. The van der Waals surface area contributed by atoms with Crippen molar-refractivity contribution in [3.63, 3.8) is 0 Å². The third kappa shape index (κ3) is 5.34. The topological polar surface area (TPSA) is 51.2 Å². The number of aryl methyl sites for hydroxylation is 1. The molecule has 0 atom stereocenters. The Kier molecular flexibility index (Phi) is 8.17. The lowest BCUT2D eigenvalue weighted by Gasteiger charge is -2.35. The van der Waals surface area contributed by atoms with Gasteiger partial charge in [-0.3, -0.25) is 9.69 Å². The van der Waals surface area contributed by atoms with E-state index in [1.807, 2.05) is 4.90 Å². The molecule has 0 aliphatic carbocycles. The summed E-state index contributed by atoms with van der Waals surface area (Å²) in [4.78, 5) is 17.3. The summed E-state index contributed by atoms with van der Waals surface area (Å²) < 4.78 is 16.1. The lowest BCUT2D eigenvalue weighted by atomic mass is 10.1. The number of methoxy groups -OCH3 is 3. The molecule has 2 aromatic rings. The Morgan fingerprint density at radius 1 is 0.931 bits per heavy atom. The van der Waals surface area contributed by atoms with E-state index in [4.69, 9.17) is 14.2 Å². The fourth-order valence-electron chi connectivity index (χ4n) is 3.56. The summed E-state index contributed by atoms with van der Waals surface area (Å²) in [6.07, 6.45) is 0. The number of ether oxygens (including phenoxy) is 3. The monoisotopic (exact) mass is 420 g/mol. The van der Waals surface area contributed by atoms with Crippen molar-refractivity contribution in [3.8, 4) is 17.2 Å². The summed E-state index contributed by atoms with van der Waals surface area (Å²) in [6, 6.07) is 12.0. The van der Waals surface area contributed by atoms with Gasteiger partial charge in [0.2, 0.25) is 5.75 Å². The van der Waals surface area contributed by atoms with E-state index in [1.54, 1.807) is 33.5 Å². The lowest BCUT2D eigenvalue weighted by molar-refractivity contribution is 0.0627. The van der Waals surface area contributed by atoms with Crippen LogP contribution in [0.5, 0.6) is 17.2 Å². The zero-order valence-electron chi connectivity index (χ0n) is 17.4. The van der Waals surface area contributed by atoms with Crippen molar-refractivity contribution in [2.75, 3.05) is 47.5 Å². The number of piperazine rings is 1. The van der Waals surface area contributed by atoms with Crippen LogP contribution in [0.2, 0.25) is 0 Å². The standard InChI is InChI=1S/C22H28N2O4.ClH/c1-16-6-5-7-17(12-16)15-23-8-10-24(11-9-23)22(25)18-13-19(26-2)21(28-4)20(14-18)27-3;/h5-7,12-14H,8-11,15H2,1-4H3;1H. The quantitative estimate of drug-likeness (QED) is 0.716. The van der Waals surface area contributed by atoms with Gasteiger partial charge < -0.3 is 19.1 Å². The molecule has 0 N–H and O–H groups in total. The van der Waals surface area contributed by atoms with E-state index >= 15 is 0 Å². The number of nitrogens with zero attached hydrogens (tertiary/aromatic N) is 2. The summed E-state index contributed by atoms with van der Waals surface area (Å²) >= 11 is 0. The fourth-order valence-corrected chi connectivity index (χ4v) is 3.56. The Bertz CT molecular complexity index is 810. The molecule has 1 fully saturated rings. The molecule has 3 rings (SSSR count). The molecular formula is C22H29ClN2O4. The Morgan fingerprint density at radius 2 is 1.55 bits per heavy atom. The van der Waals surface area contributed by atoms with Crippen LogP contribution in [0, 0.1) is 6.92 Å². The smallest absolute Gasteiger partial charge is 0.254 e. The fraction of sp³-hybridized carbons (Fsp3) is 0.409. The summed E-state index contributed by atoms with van der Waals surface area (Å²) in [5.41, 5.74) is 3.12. The molecule has 6 nitrogen and oxygen atoms in total. The van der Waals surface area contributed by atoms with Gasteiger partial charge in [0, 0.05) is 38.3 Å². The number of amides is 1. The van der Waals surface area contributed by atoms with Crippen LogP contribution in [-0.2, 0) is 6.54 Å². The van der Waals surface area contributed by atoms with Crippen LogP contribution in [0.25, 0.3) is 0 Å². The van der Waals surface area contributed by atoms with Crippen LogP contribution in [-0.4, -0.2) is 63.2 Å². The van der Waals surface area contributed by atoms with Gasteiger partial charge in [-0.15, -0.1) is 12.4 Å². The second-order valence-electron chi connectivity index (χ2n) is 6.97. The van der Waals surface area contributed by atoms with E-state index in [-0.39, 0.29) is 18.3 Å². The highest BCUT2D eigenvalue weighted by Gasteiger charge is 2.24. The van der Waals surface area contributed by atoms with Gasteiger partial charge in [0.1, 0.15) is 0 Å². The molecular weight excluding hydrogens is 392 g/mol. The van der Waals surface area contributed by atoms with Gasteiger partial charge >= 0.3 is 0 Å². The van der Waals surface area contributed by atoms with E-state index in [1.165, 1.54) is 11.1 Å². The van der Waals surface area contributed by atoms with Gasteiger partial charge in [-0.05, 0) is 24.6 Å². The summed E-state index contributed by atoms with van der Waals surface area (Å²) in [6.45, 7) is 6.11. The van der Waals surface area contributed by atoms with Crippen molar-refractivity contribution in [1.29, 1.82) is 0 Å². The van der Waals surface area contributed by atoms with Crippen LogP contribution in [0.1, 0.15) is 21.5 Å². The zero-order valence-corrected chi connectivity index (χ0v) is 18.3. The van der Waals surface area contributed by atoms with Crippen LogP contribution >= 0.6 is 12.4 Å². The molecule has 0 saturated carbocycles. The average Bonchev–Trinajstić information content (AvgIpc) is 2.72.